The molecule has 0 saturated heterocycles. The molecule has 102 valence electrons. The second kappa shape index (κ2) is 7.96. The number of nitrogen functional groups attached to an aromatic ring is 1. The summed E-state index contributed by atoms with van der Waals surface area (Å²) in [6.45, 7) is 8.89. The number of imidazole rings is 1. The third-order valence-corrected chi connectivity index (χ3v) is 3.31. The van der Waals surface area contributed by atoms with E-state index in [0.29, 0.717) is 0 Å². The summed E-state index contributed by atoms with van der Waals surface area (Å²) in [6.07, 6.45) is 10.2. The van der Waals surface area contributed by atoms with Crippen molar-refractivity contribution in [3.8, 4) is 0 Å². The van der Waals surface area contributed by atoms with E-state index in [-0.39, 0.29) is 0 Å². The van der Waals surface area contributed by atoms with Crippen molar-refractivity contribution in [3.05, 3.63) is 24.2 Å². The van der Waals surface area contributed by atoms with Crippen LogP contribution in [0.5, 0.6) is 0 Å². The van der Waals surface area contributed by atoms with Crippen LogP contribution in [-0.2, 0) is 19.4 Å². The lowest BCUT2D eigenvalue weighted by Gasteiger charge is -2.05. The standard InChI is InChI=1S/C15H27N3/c1-4-7-8-9-10-11-13-15(16)18(12-5-2)14(6-3)17-13/h5H,2,4,6-12,16H2,1,3H3. The van der Waals surface area contributed by atoms with E-state index in [2.05, 4.69) is 30.0 Å². The lowest BCUT2D eigenvalue weighted by atomic mass is 10.1. The second-order valence-electron chi connectivity index (χ2n) is 4.78. The van der Waals surface area contributed by atoms with Gasteiger partial charge in [0.05, 0.1) is 5.69 Å². The molecule has 0 atom stereocenters. The van der Waals surface area contributed by atoms with Gasteiger partial charge < -0.3 is 10.3 Å². The van der Waals surface area contributed by atoms with Gasteiger partial charge in [0, 0.05) is 13.0 Å². The fourth-order valence-corrected chi connectivity index (χ4v) is 2.25. The topological polar surface area (TPSA) is 43.8 Å². The summed E-state index contributed by atoms with van der Waals surface area (Å²) in [6, 6.07) is 0. The average Bonchev–Trinajstić information content (AvgIpc) is 2.67. The Morgan fingerprint density at radius 1 is 1.22 bits per heavy atom. The Kier molecular flexibility index (Phi) is 6.55. The first-order valence-electron chi connectivity index (χ1n) is 7.19. The lowest BCUT2D eigenvalue weighted by Crippen LogP contribution is -2.05. The Morgan fingerprint density at radius 2 is 1.94 bits per heavy atom. The molecule has 3 nitrogen and oxygen atoms in total. The minimum atomic E-state index is 0.762. The van der Waals surface area contributed by atoms with E-state index in [0.717, 1.165) is 36.7 Å². The zero-order valence-electron chi connectivity index (χ0n) is 11.9. The van der Waals surface area contributed by atoms with Gasteiger partial charge in [-0.05, 0) is 12.8 Å². The Bertz CT molecular complexity index is 366. The van der Waals surface area contributed by atoms with Crippen molar-refractivity contribution in [2.24, 2.45) is 0 Å². The van der Waals surface area contributed by atoms with Crippen LogP contribution in [0.3, 0.4) is 0 Å². The highest BCUT2D eigenvalue weighted by Crippen LogP contribution is 2.18. The summed E-state index contributed by atoms with van der Waals surface area (Å²) in [5, 5.41) is 0. The van der Waals surface area contributed by atoms with E-state index >= 15 is 0 Å². The van der Waals surface area contributed by atoms with Gasteiger partial charge in [0.1, 0.15) is 11.6 Å². The summed E-state index contributed by atoms with van der Waals surface area (Å²) >= 11 is 0. The van der Waals surface area contributed by atoms with Crippen LogP contribution >= 0.6 is 0 Å². The smallest absolute Gasteiger partial charge is 0.127 e. The molecule has 0 bridgehead atoms. The van der Waals surface area contributed by atoms with Gasteiger partial charge >= 0.3 is 0 Å². The first-order chi connectivity index (χ1) is 8.74. The molecule has 1 aromatic rings. The van der Waals surface area contributed by atoms with E-state index in [4.69, 9.17) is 5.73 Å². The molecule has 0 saturated carbocycles. The number of anilines is 1. The quantitative estimate of drug-likeness (QED) is 0.535. The molecule has 18 heavy (non-hydrogen) atoms. The molecular weight excluding hydrogens is 222 g/mol. The average molecular weight is 249 g/mol. The van der Waals surface area contributed by atoms with Crippen molar-refractivity contribution in [3.63, 3.8) is 0 Å². The van der Waals surface area contributed by atoms with Gasteiger partial charge in [-0.2, -0.15) is 0 Å². The summed E-state index contributed by atoms with van der Waals surface area (Å²) < 4.78 is 2.08. The van der Waals surface area contributed by atoms with Crippen LogP contribution in [0.15, 0.2) is 12.7 Å². The fourth-order valence-electron chi connectivity index (χ4n) is 2.25. The molecule has 0 fully saturated rings. The van der Waals surface area contributed by atoms with Gasteiger partial charge in [0.15, 0.2) is 0 Å². The maximum Gasteiger partial charge on any atom is 0.127 e. The SMILES string of the molecule is C=CCn1c(CC)nc(CCCCCCC)c1N. The molecule has 0 radical (unpaired) electrons. The Hall–Kier alpha value is -1.25. The second-order valence-corrected chi connectivity index (χ2v) is 4.78. The van der Waals surface area contributed by atoms with Gasteiger partial charge in [-0.1, -0.05) is 45.6 Å². The number of rotatable bonds is 9. The number of aryl methyl sites for hydroxylation is 2. The molecule has 0 spiro atoms. The molecule has 2 N–H and O–H groups in total. The minimum absolute atomic E-state index is 0.762. The van der Waals surface area contributed by atoms with Crippen molar-refractivity contribution in [1.29, 1.82) is 0 Å². The normalized spacial score (nSPS) is 10.8. The molecule has 1 rings (SSSR count). The Labute approximate surface area is 111 Å². The Morgan fingerprint density at radius 3 is 2.56 bits per heavy atom. The van der Waals surface area contributed by atoms with Crippen molar-refractivity contribution in [2.75, 3.05) is 5.73 Å². The van der Waals surface area contributed by atoms with E-state index in [1.165, 1.54) is 32.1 Å². The number of hydrogen-bond donors (Lipinski definition) is 1. The molecule has 0 amide bonds. The van der Waals surface area contributed by atoms with Crippen LogP contribution in [-0.4, -0.2) is 9.55 Å². The maximum absolute atomic E-state index is 6.16. The molecule has 1 heterocycles. The van der Waals surface area contributed by atoms with Gasteiger partial charge in [-0.25, -0.2) is 4.98 Å². The largest absolute Gasteiger partial charge is 0.384 e. The van der Waals surface area contributed by atoms with E-state index in [1.54, 1.807) is 0 Å². The number of allylic oxidation sites excluding steroid dienone is 1. The monoisotopic (exact) mass is 249 g/mol. The summed E-state index contributed by atoms with van der Waals surface area (Å²) in [5.41, 5.74) is 7.23. The van der Waals surface area contributed by atoms with E-state index < -0.39 is 0 Å². The first kappa shape index (κ1) is 14.8. The third kappa shape index (κ3) is 3.90. The molecule has 0 unspecified atom stereocenters. The predicted molar refractivity (Wildman–Crippen MR) is 78.7 cm³/mol. The number of unbranched alkanes of at least 4 members (excludes halogenated alkanes) is 4. The highest BCUT2D eigenvalue weighted by Gasteiger charge is 2.11. The van der Waals surface area contributed by atoms with Crippen LogP contribution in [0.1, 0.15) is 57.5 Å². The van der Waals surface area contributed by atoms with Gasteiger partial charge in [-0.3, -0.25) is 0 Å². The van der Waals surface area contributed by atoms with Crippen molar-refractivity contribution >= 4 is 5.82 Å². The fraction of sp³-hybridized carbons (Fsp3) is 0.667. The molecule has 0 aliphatic carbocycles. The first-order valence-corrected chi connectivity index (χ1v) is 7.19. The molecule has 0 aliphatic heterocycles. The van der Waals surface area contributed by atoms with Crippen LogP contribution in [0.4, 0.5) is 5.82 Å². The number of nitrogens with zero attached hydrogens (tertiary/aromatic N) is 2. The summed E-state index contributed by atoms with van der Waals surface area (Å²) in [7, 11) is 0. The van der Waals surface area contributed by atoms with E-state index in [1.807, 2.05) is 6.08 Å². The summed E-state index contributed by atoms with van der Waals surface area (Å²) in [5.74, 6) is 1.91. The lowest BCUT2D eigenvalue weighted by molar-refractivity contribution is 0.629. The zero-order chi connectivity index (χ0) is 13.4. The van der Waals surface area contributed by atoms with Crippen LogP contribution in [0.2, 0.25) is 0 Å². The third-order valence-electron chi connectivity index (χ3n) is 3.31. The highest BCUT2D eigenvalue weighted by atomic mass is 15.1. The number of aromatic nitrogens is 2. The van der Waals surface area contributed by atoms with E-state index in [9.17, 15) is 0 Å². The van der Waals surface area contributed by atoms with Gasteiger partial charge in [0.2, 0.25) is 0 Å². The number of hydrogen-bond acceptors (Lipinski definition) is 2. The maximum atomic E-state index is 6.16. The highest BCUT2D eigenvalue weighted by molar-refractivity contribution is 5.38. The number of nitrogens with two attached hydrogens (primary N) is 1. The predicted octanol–water partition coefficient (Wildman–Crippen LogP) is 3.73. The molecule has 0 aromatic carbocycles. The molecule has 0 aliphatic rings. The minimum Gasteiger partial charge on any atom is -0.384 e. The zero-order valence-corrected chi connectivity index (χ0v) is 11.9. The van der Waals surface area contributed by atoms with Crippen molar-refractivity contribution < 1.29 is 0 Å². The van der Waals surface area contributed by atoms with Crippen LogP contribution in [0, 0.1) is 0 Å². The van der Waals surface area contributed by atoms with Crippen LogP contribution < -0.4 is 5.73 Å². The van der Waals surface area contributed by atoms with Gasteiger partial charge in [0.25, 0.3) is 0 Å². The van der Waals surface area contributed by atoms with Gasteiger partial charge in [-0.15, -0.1) is 6.58 Å². The molecule has 1 aromatic heterocycles. The summed E-state index contributed by atoms with van der Waals surface area (Å²) in [4.78, 5) is 4.65. The molecule has 3 heteroatoms. The van der Waals surface area contributed by atoms with Crippen LogP contribution in [0.25, 0.3) is 0 Å². The molecular formula is C15H27N3. The Balaban J connectivity index is 2.57. The van der Waals surface area contributed by atoms with Crippen molar-refractivity contribution in [2.45, 2.75) is 65.3 Å². The van der Waals surface area contributed by atoms with Crippen molar-refractivity contribution in [1.82, 2.24) is 9.55 Å².